The van der Waals surface area contributed by atoms with E-state index in [4.69, 9.17) is 0 Å². The molecule has 4 nitrogen and oxygen atoms in total. The number of H-pyrrole nitrogens is 1. The predicted molar refractivity (Wildman–Crippen MR) is 61.4 cm³/mol. The molecule has 16 heavy (non-hydrogen) atoms. The number of nitrogens with one attached hydrogen (secondary N) is 1. The molecule has 0 radical (unpaired) electrons. The molecule has 1 saturated heterocycles. The molecular formula is C12H18N2O2. The molecule has 2 N–H and O–H groups in total. The molecule has 0 saturated carbocycles. The molecule has 0 bridgehead atoms. The van der Waals surface area contributed by atoms with E-state index in [1.807, 2.05) is 19.9 Å². The van der Waals surface area contributed by atoms with E-state index >= 15 is 0 Å². The Balaban J connectivity index is 2.15. The maximum atomic E-state index is 12.2. The lowest BCUT2D eigenvalue weighted by Crippen LogP contribution is -2.42. The van der Waals surface area contributed by atoms with Crippen molar-refractivity contribution in [2.24, 2.45) is 0 Å². The molecule has 1 fully saturated rings. The number of carbonyl (C=O) groups excluding carboxylic acids is 1. The smallest absolute Gasteiger partial charge is 0.270 e. The second-order valence-electron chi connectivity index (χ2n) is 4.56. The van der Waals surface area contributed by atoms with Gasteiger partial charge in [-0.2, -0.15) is 0 Å². The van der Waals surface area contributed by atoms with Crippen molar-refractivity contribution in [1.82, 2.24) is 9.88 Å². The lowest BCUT2D eigenvalue weighted by atomic mass is 10.1. The summed E-state index contributed by atoms with van der Waals surface area (Å²) in [5.74, 6) is 0.00403. The number of nitrogens with zero attached hydrogens (tertiary/aromatic N) is 1. The first kappa shape index (κ1) is 11.2. The van der Waals surface area contributed by atoms with E-state index in [0.29, 0.717) is 12.2 Å². The highest BCUT2D eigenvalue weighted by Gasteiger charge is 2.24. The van der Waals surface area contributed by atoms with Crippen LogP contribution in [0.2, 0.25) is 0 Å². The molecule has 0 aromatic carbocycles. The van der Waals surface area contributed by atoms with Gasteiger partial charge in [-0.05, 0) is 38.3 Å². The van der Waals surface area contributed by atoms with Gasteiger partial charge in [-0.15, -0.1) is 0 Å². The Morgan fingerprint density at radius 1 is 1.56 bits per heavy atom. The molecule has 0 spiro atoms. The second-order valence-corrected chi connectivity index (χ2v) is 4.56. The number of amides is 1. The van der Waals surface area contributed by atoms with Crippen LogP contribution in [0.3, 0.4) is 0 Å². The Kier molecular flexibility index (Phi) is 3.01. The molecule has 1 aromatic rings. The third-order valence-corrected chi connectivity index (χ3v) is 3.05. The van der Waals surface area contributed by atoms with Crippen molar-refractivity contribution >= 4 is 5.91 Å². The van der Waals surface area contributed by atoms with Crippen molar-refractivity contribution in [2.45, 2.75) is 32.8 Å². The fourth-order valence-corrected chi connectivity index (χ4v) is 2.25. The highest BCUT2D eigenvalue weighted by atomic mass is 16.3. The Labute approximate surface area is 95.3 Å². The van der Waals surface area contributed by atoms with Crippen LogP contribution < -0.4 is 0 Å². The summed E-state index contributed by atoms with van der Waals surface area (Å²) in [6.07, 6.45) is 1.31. The summed E-state index contributed by atoms with van der Waals surface area (Å²) in [6.45, 7) is 5.07. The van der Waals surface area contributed by atoms with E-state index in [1.165, 1.54) is 0 Å². The van der Waals surface area contributed by atoms with E-state index in [-0.39, 0.29) is 12.0 Å². The van der Waals surface area contributed by atoms with Gasteiger partial charge in [0, 0.05) is 18.8 Å². The van der Waals surface area contributed by atoms with E-state index in [1.54, 1.807) is 4.90 Å². The first-order chi connectivity index (χ1) is 7.58. The zero-order valence-electron chi connectivity index (χ0n) is 9.79. The number of hydrogen-bond acceptors (Lipinski definition) is 2. The number of aromatic nitrogens is 1. The van der Waals surface area contributed by atoms with Gasteiger partial charge in [-0.25, -0.2) is 0 Å². The van der Waals surface area contributed by atoms with Gasteiger partial charge in [0.15, 0.2) is 0 Å². The van der Waals surface area contributed by atoms with Crippen LogP contribution in [0.1, 0.15) is 34.6 Å². The average molecular weight is 222 g/mol. The molecular weight excluding hydrogens is 204 g/mol. The Bertz CT molecular complexity index is 398. The Morgan fingerprint density at radius 3 is 2.88 bits per heavy atom. The number of carbonyl (C=O) groups is 1. The summed E-state index contributed by atoms with van der Waals surface area (Å²) in [5.41, 5.74) is 2.63. The van der Waals surface area contributed by atoms with Crippen LogP contribution >= 0.6 is 0 Å². The number of likely N-dealkylation sites (tertiary alicyclic amines) is 1. The van der Waals surface area contributed by atoms with Gasteiger partial charge in [-0.3, -0.25) is 4.79 Å². The van der Waals surface area contributed by atoms with Crippen LogP contribution in [0.25, 0.3) is 0 Å². The molecule has 2 heterocycles. The van der Waals surface area contributed by atoms with E-state index in [9.17, 15) is 9.90 Å². The normalized spacial score (nSPS) is 21.2. The molecule has 2 rings (SSSR count). The summed E-state index contributed by atoms with van der Waals surface area (Å²) < 4.78 is 0. The number of piperidine rings is 1. The van der Waals surface area contributed by atoms with Crippen LogP contribution in [0, 0.1) is 13.8 Å². The zero-order valence-corrected chi connectivity index (χ0v) is 9.79. The van der Waals surface area contributed by atoms with Crippen molar-refractivity contribution < 1.29 is 9.90 Å². The van der Waals surface area contributed by atoms with Gasteiger partial charge in [0.25, 0.3) is 5.91 Å². The molecule has 1 aliphatic heterocycles. The summed E-state index contributed by atoms with van der Waals surface area (Å²) in [4.78, 5) is 17.0. The van der Waals surface area contributed by atoms with Gasteiger partial charge in [0.05, 0.1) is 6.10 Å². The quantitative estimate of drug-likeness (QED) is 0.751. The molecule has 1 aromatic heterocycles. The second kappa shape index (κ2) is 4.29. The fourth-order valence-electron chi connectivity index (χ4n) is 2.25. The van der Waals surface area contributed by atoms with E-state index in [0.717, 1.165) is 30.6 Å². The Hall–Kier alpha value is -1.29. The monoisotopic (exact) mass is 222 g/mol. The van der Waals surface area contributed by atoms with Crippen molar-refractivity contribution in [1.29, 1.82) is 0 Å². The molecule has 1 atom stereocenters. The molecule has 4 heteroatoms. The van der Waals surface area contributed by atoms with E-state index < -0.39 is 0 Å². The van der Waals surface area contributed by atoms with Gasteiger partial charge in [0.2, 0.25) is 0 Å². The minimum Gasteiger partial charge on any atom is -0.391 e. The summed E-state index contributed by atoms with van der Waals surface area (Å²) in [7, 11) is 0. The van der Waals surface area contributed by atoms with Crippen molar-refractivity contribution in [3.8, 4) is 0 Å². The van der Waals surface area contributed by atoms with Crippen LogP contribution in [-0.2, 0) is 0 Å². The molecule has 1 aliphatic rings. The van der Waals surface area contributed by atoms with Crippen molar-refractivity contribution in [3.05, 3.63) is 23.0 Å². The maximum absolute atomic E-state index is 12.2. The summed E-state index contributed by atoms with van der Waals surface area (Å²) in [6, 6.07) is 1.97. The third-order valence-electron chi connectivity index (χ3n) is 3.05. The summed E-state index contributed by atoms with van der Waals surface area (Å²) in [5, 5.41) is 9.55. The number of rotatable bonds is 1. The predicted octanol–water partition coefficient (Wildman–Crippen LogP) is 1.23. The van der Waals surface area contributed by atoms with Crippen LogP contribution in [0.4, 0.5) is 0 Å². The maximum Gasteiger partial charge on any atom is 0.270 e. The number of aliphatic hydroxyl groups is 1. The molecule has 1 unspecified atom stereocenters. The highest BCUT2D eigenvalue weighted by Crippen LogP contribution is 2.16. The highest BCUT2D eigenvalue weighted by molar-refractivity contribution is 5.94. The van der Waals surface area contributed by atoms with Gasteiger partial charge < -0.3 is 15.0 Å². The largest absolute Gasteiger partial charge is 0.391 e. The minimum absolute atomic E-state index is 0.00403. The van der Waals surface area contributed by atoms with Crippen LogP contribution in [0.15, 0.2) is 6.07 Å². The zero-order chi connectivity index (χ0) is 11.7. The molecule has 0 aliphatic carbocycles. The van der Waals surface area contributed by atoms with Crippen LogP contribution in [-0.4, -0.2) is 40.1 Å². The lowest BCUT2D eigenvalue weighted by molar-refractivity contribution is 0.0469. The SMILES string of the molecule is Cc1cc(C)c(C(=O)N2CCCC(O)C2)[nH]1. The number of hydrogen-bond donors (Lipinski definition) is 2. The van der Waals surface area contributed by atoms with Gasteiger partial charge >= 0.3 is 0 Å². The number of β-amino-alcohol motifs (C(OH)–C–C–N with tert-alkyl or cyclic N) is 1. The summed E-state index contributed by atoms with van der Waals surface area (Å²) >= 11 is 0. The number of aryl methyl sites for hydroxylation is 2. The third kappa shape index (κ3) is 2.11. The lowest BCUT2D eigenvalue weighted by Gasteiger charge is -2.29. The first-order valence-corrected chi connectivity index (χ1v) is 5.71. The minimum atomic E-state index is -0.367. The number of aliphatic hydroxyl groups excluding tert-OH is 1. The molecule has 1 amide bonds. The van der Waals surface area contributed by atoms with E-state index in [2.05, 4.69) is 4.98 Å². The fraction of sp³-hybridized carbons (Fsp3) is 0.583. The first-order valence-electron chi connectivity index (χ1n) is 5.71. The Morgan fingerprint density at radius 2 is 2.31 bits per heavy atom. The van der Waals surface area contributed by atoms with Crippen LogP contribution in [0.5, 0.6) is 0 Å². The van der Waals surface area contributed by atoms with Crippen molar-refractivity contribution in [3.63, 3.8) is 0 Å². The van der Waals surface area contributed by atoms with Gasteiger partial charge in [-0.1, -0.05) is 0 Å². The average Bonchev–Trinajstić information content (AvgIpc) is 2.57. The molecule has 88 valence electrons. The standard InChI is InChI=1S/C12H18N2O2/c1-8-6-9(2)13-11(8)12(16)14-5-3-4-10(15)7-14/h6,10,13,15H,3-5,7H2,1-2H3. The van der Waals surface area contributed by atoms with Gasteiger partial charge in [0.1, 0.15) is 5.69 Å². The van der Waals surface area contributed by atoms with Crippen molar-refractivity contribution in [2.75, 3.05) is 13.1 Å². The number of aromatic amines is 1. The topological polar surface area (TPSA) is 56.3 Å².